The van der Waals surface area contributed by atoms with E-state index in [1.807, 2.05) is 0 Å². The standard InChI is InChI=1S/C19H20FNO4/c1-3-25-18(22)12-17(13-6-10-16(24-2)11-7-13)21-19(23)14-4-8-15(20)9-5-14/h4-11,17H,3,12H2,1-2H3,(H,21,23). The summed E-state index contributed by atoms with van der Waals surface area (Å²) in [5.74, 6) is -0.564. The summed E-state index contributed by atoms with van der Waals surface area (Å²) in [6.07, 6.45) is -0.00684. The van der Waals surface area contributed by atoms with Gasteiger partial charge in [-0.2, -0.15) is 0 Å². The molecule has 0 spiro atoms. The van der Waals surface area contributed by atoms with Crippen molar-refractivity contribution in [1.82, 2.24) is 5.32 Å². The lowest BCUT2D eigenvalue weighted by atomic mass is 10.0. The zero-order valence-corrected chi connectivity index (χ0v) is 14.1. The fourth-order valence-corrected chi connectivity index (χ4v) is 2.32. The Morgan fingerprint density at radius 2 is 1.72 bits per heavy atom. The van der Waals surface area contributed by atoms with Gasteiger partial charge in [-0.1, -0.05) is 12.1 Å². The van der Waals surface area contributed by atoms with Crippen molar-refractivity contribution in [2.45, 2.75) is 19.4 Å². The van der Waals surface area contributed by atoms with Crippen LogP contribution >= 0.6 is 0 Å². The molecule has 0 aromatic heterocycles. The molecular formula is C19H20FNO4. The van der Waals surface area contributed by atoms with E-state index in [2.05, 4.69) is 5.32 Å². The van der Waals surface area contributed by atoms with E-state index in [1.54, 1.807) is 38.3 Å². The van der Waals surface area contributed by atoms with Crippen molar-refractivity contribution < 1.29 is 23.5 Å². The number of methoxy groups -OCH3 is 1. The molecule has 2 aromatic rings. The van der Waals surface area contributed by atoms with Crippen LogP contribution in [0.4, 0.5) is 4.39 Å². The third-order valence-electron chi connectivity index (χ3n) is 3.61. The highest BCUT2D eigenvalue weighted by atomic mass is 19.1. The molecule has 25 heavy (non-hydrogen) atoms. The Morgan fingerprint density at radius 3 is 2.28 bits per heavy atom. The molecule has 0 aliphatic heterocycles. The number of rotatable bonds is 7. The van der Waals surface area contributed by atoms with Crippen molar-refractivity contribution in [1.29, 1.82) is 0 Å². The van der Waals surface area contributed by atoms with Crippen molar-refractivity contribution in [3.63, 3.8) is 0 Å². The first-order valence-corrected chi connectivity index (χ1v) is 7.89. The summed E-state index contributed by atoms with van der Waals surface area (Å²) in [4.78, 5) is 24.3. The van der Waals surface area contributed by atoms with E-state index in [0.717, 1.165) is 5.56 Å². The molecule has 0 aliphatic carbocycles. The average molecular weight is 345 g/mol. The maximum Gasteiger partial charge on any atom is 0.308 e. The quantitative estimate of drug-likeness (QED) is 0.783. The predicted octanol–water partition coefficient (Wildman–Crippen LogP) is 3.26. The van der Waals surface area contributed by atoms with Crippen LogP contribution < -0.4 is 10.1 Å². The largest absolute Gasteiger partial charge is 0.497 e. The number of carbonyl (C=O) groups excluding carboxylic acids is 2. The highest BCUT2D eigenvalue weighted by molar-refractivity contribution is 5.94. The number of carbonyl (C=O) groups is 2. The Labute approximate surface area is 145 Å². The minimum atomic E-state index is -0.567. The van der Waals surface area contributed by atoms with E-state index in [9.17, 15) is 14.0 Å². The maximum absolute atomic E-state index is 13.0. The number of hydrogen-bond donors (Lipinski definition) is 1. The summed E-state index contributed by atoms with van der Waals surface area (Å²) in [6, 6.07) is 11.7. The number of hydrogen-bond acceptors (Lipinski definition) is 4. The normalized spacial score (nSPS) is 11.5. The SMILES string of the molecule is CCOC(=O)CC(NC(=O)c1ccc(F)cc1)c1ccc(OC)cc1. The Hall–Kier alpha value is -2.89. The second-order valence-corrected chi connectivity index (χ2v) is 5.32. The third kappa shape index (κ3) is 5.31. The number of halogens is 1. The number of benzene rings is 2. The summed E-state index contributed by atoms with van der Waals surface area (Å²) in [7, 11) is 1.56. The van der Waals surface area contributed by atoms with Gasteiger partial charge < -0.3 is 14.8 Å². The average Bonchev–Trinajstić information content (AvgIpc) is 2.62. The molecule has 0 saturated carbocycles. The molecule has 132 valence electrons. The van der Waals surface area contributed by atoms with E-state index in [-0.39, 0.29) is 13.0 Å². The summed E-state index contributed by atoms with van der Waals surface area (Å²) in [6.45, 7) is 1.98. The molecule has 1 N–H and O–H groups in total. The lowest BCUT2D eigenvalue weighted by molar-refractivity contribution is -0.143. The first-order valence-electron chi connectivity index (χ1n) is 7.89. The minimum absolute atomic E-state index is 0.00684. The number of ether oxygens (including phenoxy) is 2. The molecule has 0 aliphatic rings. The Kier molecular flexibility index (Phi) is 6.51. The third-order valence-corrected chi connectivity index (χ3v) is 3.61. The molecule has 2 rings (SSSR count). The minimum Gasteiger partial charge on any atom is -0.497 e. The second kappa shape index (κ2) is 8.82. The van der Waals surface area contributed by atoms with Crippen LogP contribution in [0.25, 0.3) is 0 Å². The van der Waals surface area contributed by atoms with Gasteiger partial charge in [0.15, 0.2) is 0 Å². The molecule has 0 saturated heterocycles. The van der Waals surface area contributed by atoms with Crippen molar-refractivity contribution in [2.75, 3.05) is 13.7 Å². The summed E-state index contributed by atoms with van der Waals surface area (Å²) in [5, 5.41) is 2.79. The van der Waals surface area contributed by atoms with Crippen LogP contribution in [-0.4, -0.2) is 25.6 Å². The van der Waals surface area contributed by atoms with E-state index < -0.39 is 23.7 Å². The zero-order chi connectivity index (χ0) is 18.2. The molecule has 0 radical (unpaired) electrons. The van der Waals surface area contributed by atoms with Gasteiger partial charge in [-0.3, -0.25) is 9.59 Å². The van der Waals surface area contributed by atoms with E-state index in [4.69, 9.17) is 9.47 Å². The molecule has 0 fully saturated rings. The predicted molar refractivity (Wildman–Crippen MR) is 90.9 cm³/mol. The van der Waals surface area contributed by atoms with Gasteiger partial charge in [0.25, 0.3) is 5.91 Å². The smallest absolute Gasteiger partial charge is 0.308 e. The summed E-state index contributed by atoms with van der Waals surface area (Å²) >= 11 is 0. The summed E-state index contributed by atoms with van der Waals surface area (Å²) in [5.41, 5.74) is 1.05. The molecule has 1 atom stereocenters. The highest BCUT2D eigenvalue weighted by Crippen LogP contribution is 2.21. The lowest BCUT2D eigenvalue weighted by Gasteiger charge is -2.19. The van der Waals surface area contributed by atoms with Crippen LogP contribution in [-0.2, 0) is 9.53 Å². The Balaban J connectivity index is 2.19. The van der Waals surface area contributed by atoms with Crippen molar-refractivity contribution in [2.24, 2.45) is 0 Å². The van der Waals surface area contributed by atoms with Crippen LogP contribution in [0.15, 0.2) is 48.5 Å². The van der Waals surface area contributed by atoms with Gasteiger partial charge in [-0.15, -0.1) is 0 Å². The monoisotopic (exact) mass is 345 g/mol. The fourth-order valence-electron chi connectivity index (χ4n) is 2.32. The van der Waals surface area contributed by atoms with Crippen LogP contribution in [0, 0.1) is 5.82 Å². The van der Waals surface area contributed by atoms with Crippen LogP contribution in [0.5, 0.6) is 5.75 Å². The molecule has 1 amide bonds. The first kappa shape index (κ1) is 18.4. The van der Waals surface area contributed by atoms with E-state index in [1.165, 1.54) is 24.3 Å². The van der Waals surface area contributed by atoms with Gasteiger partial charge >= 0.3 is 5.97 Å². The highest BCUT2D eigenvalue weighted by Gasteiger charge is 2.20. The molecule has 5 nitrogen and oxygen atoms in total. The topological polar surface area (TPSA) is 64.6 Å². The second-order valence-electron chi connectivity index (χ2n) is 5.32. The number of esters is 1. The van der Waals surface area contributed by atoms with Gasteiger partial charge in [-0.05, 0) is 48.9 Å². The van der Waals surface area contributed by atoms with E-state index in [0.29, 0.717) is 11.3 Å². The molecular weight excluding hydrogens is 325 g/mol. The van der Waals surface area contributed by atoms with E-state index >= 15 is 0 Å². The Morgan fingerprint density at radius 1 is 1.08 bits per heavy atom. The van der Waals surface area contributed by atoms with Gasteiger partial charge in [0.1, 0.15) is 11.6 Å². The van der Waals surface area contributed by atoms with Crippen LogP contribution in [0.2, 0.25) is 0 Å². The molecule has 1 unspecified atom stereocenters. The van der Waals surface area contributed by atoms with Crippen molar-refractivity contribution in [3.8, 4) is 5.75 Å². The zero-order valence-electron chi connectivity index (χ0n) is 14.1. The van der Waals surface area contributed by atoms with Gasteiger partial charge in [0.05, 0.1) is 26.2 Å². The summed E-state index contributed by atoms with van der Waals surface area (Å²) < 4.78 is 23.1. The molecule has 0 bridgehead atoms. The van der Waals surface area contributed by atoms with Crippen LogP contribution in [0.1, 0.15) is 35.3 Å². The van der Waals surface area contributed by atoms with Gasteiger partial charge in [0.2, 0.25) is 0 Å². The fraction of sp³-hybridized carbons (Fsp3) is 0.263. The molecule has 2 aromatic carbocycles. The maximum atomic E-state index is 13.0. The lowest BCUT2D eigenvalue weighted by Crippen LogP contribution is -2.30. The molecule has 0 heterocycles. The van der Waals surface area contributed by atoms with Crippen molar-refractivity contribution >= 4 is 11.9 Å². The van der Waals surface area contributed by atoms with Gasteiger partial charge in [0, 0.05) is 5.56 Å². The van der Waals surface area contributed by atoms with Gasteiger partial charge in [-0.25, -0.2) is 4.39 Å². The first-order chi connectivity index (χ1) is 12.0. The Bertz CT molecular complexity index is 713. The van der Waals surface area contributed by atoms with Crippen molar-refractivity contribution in [3.05, 3.63) is 65.5 Å². The number of amides is 1. The molecule has 6 heteroatoms. The number of nitrogens with one attached hydrogen (secondary N) is 1. The van der Waals surface area contributed by atoms with Crippen LogP contribution in [0.3, 0.4) is 0 Å².